The van der Waals surface area contributed by atoms with Crippen LogP contribution in [0.25, 0.3) is 0 Å². The standard InChI is InChI=1S/C17H23NO4/c1-12-11-18(9-8-15(12)17(20)21)16(19)7-6-13-4-3-5-14(10-13)22-2/h3-5,10,12,15H,6-9,11H2,1-2H3,(H,20,21). The summed E-state index contributed by atoms with van der Waals surface area (Å²) in [5, 5.41) is 9.12. The van der Waals surface area contributed by atoms with Gasteiger partial charge in [0.15, 0.2) is 0 Å². The molecule has 22 heavy (non-hydrogen) atoms. The number of rotatable bonds is 5. The summed E-state index contributed by atoms with van der Waals surface area (Å²) in [7, 11) is 1.62. The van der Waals surface area contributed by atoms with E-state index in [-0.39, 0.29) is 17.7 Å². The topological polar surface area (TPSA) is 66.8 Å². The molecule has 1 aromatic carbocycles. The molecule has 1 N–H and O–H groups in total. The molecule has 1 amide bonds. The van der Waals surface area contributed by atoms with E-state index in [4.69, 9.17) is 9.84 Å². The Balaban J connectivity index is 1.86. The fourth-order valence-corrected chi connectivity index (χ4v) is 2.98. The Bertz CT molecular complexity index is 543. The molecule has 0 radical (unpaired) electrons. The van der Waals surface area contributed by atoms with Crippen molar-refractivity contribution in [3.8, 4) is 5.75 Å². The minimum atomic E-state index is -0.754. The number of carbonyl (C=O) groups excluding carboxylic acids is 1. The molecule has 5 heteroatoms. The molecule has 1 heterocycles. The molecule has 1 aromatic rings. The van der Waals surface area contributed by atoms with E-state index in [9.17, 15) is 9.59 Å². The lowest BCUT2D eigenvalue weighted by molar-refractivity contribution is -0.148. The van der Waals surface area contributed by atoms with Crippen molar-refractivity contribution in [2.75, 3.05) is 20.2 Å². The third kappa shape index (κ3) is 4.00. The van der Waals surface area contributed by atoms with Crippen LogP contribution in [0.2, 0.25) is 0 Å². The van der Waals surface area contributed by atoms with Crippen LogP contribution >= 0.6 is 0 Å². The van der Waals surface area contributed by atoms with Crippen molar-refractivity contribution >= 4 is 11.9 Å². The monoisotopic (exact) mass is 305 g/mol. The molecule has 1 fully saturated rings. The maximum atomic E-state index is 12.3. The molecule has 0 bridgehead atoms. The molecule has 2 atom stereocenters. The summed E-state index contributed by atoms with van der Waals surface area (Å²) in [5.41, 5.74) is 1.07. The molecule has 0 aromatic heterocycles. The van der Waals surface area contributed by atoms with Gasteiger partial charge in [-0.3, -0.25) is 9.59 Å². The fraction of sp³-hybridized carbons (Fsp3) is 0.529. The lowest BCUT2D eigenvalue weighted by atomic mass is 9.87. The van der Waals surface area contributed by atoms with E-state index >= 15 is 0 Å². The zero-order valence-corrected chi connectivity index (χ0v) is 13.1. The van der Waals surface area contributed by atoms with Crippen molar-refractivity contribution < 1.29 is 19.4 Å². The lowest BCUT2D eigenvalue weighted by Crippen LogP contribution is -2.45. The average molecular weight is 305 g/mol. The van der Waals surface area contributed by atoms with E-state index in [0.717, 1.165) is 11.3 Å². The number of amides is 1. The lowest BCUT2D eigenvalue weighted by Gasteiger charge is -2.35. The van der Waals surface area contributed by atoms with Crippen molar-refractivity contribution in [3.63, 3.8) is 0 Å². The molecule has 0 spiro atoms. The number of carboxylic acid groups (broad SMARTS) is 1. The highest BCUT2D eigenvalue weighted by molar-refractivity contribution is 5.77. The smallest absolute Gasteiger partial charge is 0.306 e. The van der Waals surface area contributed by atoms with E-state index in [2.05, 4.69) is 0 Å². The van der Waals surface area contributed by atoms with Crippen molar-refractivity contribution in [3.05, 3.63) is 29.8 Å². The second kappa shape index (κ2) is 7.29. The first-order valence-electron chi connectivity index (χ1n) is 7.64. The molecule has 120 valence electrons. The van der Waals surface area contributed by atoms with E-state index in [1.165, 1.54) is 0 Å². The van der Waals surface area contributed by atoms with Gasteiger partial charge in [-0.2, -0.15) is 0 Å². The molecular formula is C17H23NO4. The second-order valence-electron chi connectivity index (χ2n) is 5.90. The normalized spacial score (nSPS) is 21.5. The molecular weight excluding hydrogens is 282 g/mol. The number of likely N-dealkylation sites (tertiary alicyclic amines) is 1. The first-order valence-corrected chi connectivity index (χ1v) is 7.64. The van der Waals surface area contributed by atoms with Crippen LogP contribution in [-0.4, -0.2) is 42.1 Å². The van der Waals surface area contributed by atoms with Gasteiger partial charge in [0.1, 0.15) is 5.75 Å². The predicted octanol–water partition coefficient (Wildman–Crippen LogP) is 2.20. The fourth-order valence-electron chi connectivity index (χ4n) is 2.98. The Morgan fingerprint density at radius 1 is 1.41 bits per heavy atom. The van der Waals surface area contributed by atoms with Crippen molar-refractivity contribution in [1.29, 1.82) is 0 Å². The van der Waals surface area contributed by atoms with Gasteiger partial charge in [0.25, 0.3) is 0 Å². The Hall–Kier alpha value is -2.04. The van der Waals surface area contributed by atoms with Gasteiger partial charge in [-0.15, -0.1) is 0 Å². The minimum absolute atomic E-state index is 0.00650. The summed E-state index contributed by atoms with van der Waals surface area (Å²) >= 11 is 0. The van der Waals surface area contributed by atoms with E-state index in [1.807, 2.05) is 31.2 Å². The maximum Gasteiger partial charge on any atom is 0.306 e. The number of aliphatic carboxylic acids is 1. The number of methoxy groups -OCH3 is 1. The summed E-state index contributed by atoms with van der Waals surface area (Å²) in [6, 6.07) is 7.71. The molecule has 1 aliphatic rings. The first kappa shape index (κ1) is 16.3. The first-order chi connectivity index (χ1) is 10.5. The minimum Gasteiger partial charge on any atom is -0.497 e. The summed E-state index contributed by atoms with van der Waals surface area (Å²) in [6.45, 7) is 2.98. The third-order valence-electron chi connectivity index (χ3n) is 4.34. The largest absolute Gasteiger partial charge is 0.497 e. The van der Waals surface area contributed by atoms with Crippen LogP contribution < -0.4 is 4.74 Å². The number of hydrogen-bond acceptors (Lipinski definition) is 3. The van der Waals surface area contributed by atoms with Gasteiger partial charge in [0, 0.05) is 19.5 Å². The van der Waals surface area contributed by atoms with Gasteiger partial charge >= 0.3 is 5.97 Å². The van der Waals surface area contributed by atoms with Crippen LogP contribution in [0.15, 0.2) is 24.3 Å². The van der Waals surface area contributed by atoms with Crippen LogP contribution in [0, 0.1) is 11.8 Å². The number of piperidine rings is 1. The number of hydrogen-bond donors (Lipinski definition) is 1. The highest BCUT2D eigenvalue weighted by Gasteiger charge is 2.32. The molecule has 0 saturated carbocycles. The Morgan fingerprint density at radius 2 is 2.18 bits per heavy atom. The molecule has 1 saturated heterocycles. The van der Waals surface area contributed by atoms with Gasteiger partial charge in [0.05, 0.1) is 13.0 Å². The quantitative estimate of drug-likeness (QED) is 0.905. The van der Waals surface area contributed by atoms with Crippen molar-refractivity contribution in [1.82, 2.24) is 4.90 Å². The Labute approximate surface area is 130 Å². The van der Waals surface area contributed by atoms with Crippen LogP contribution in [0.1, 0.15) is 25.3 Å². The van der Waals surface area contributed by atoms with Crippen LogP contribution in [0.4, 0.5) is 0 Å². The molecule has 2 rings (SSSR count). The van der Waals surface area contributed by atoms with Crippen LogP contribution in [0.5, 0.6) is 5.75 Å². The zero-order valence-electron chi connectivity index (χ0n) is 13.1. The number of ether oxygens (including phenoxy) is 1. The predicted molar refractivity (Wildman–Crippen MR) is 82.8 cm³/mol. The van der Waals surface area contributed by atoms with Gasteiger partial charge in [0.2, 0.25) is 5.91 Å². The SMILES string of the molecule is COc1cccc(CCC(=O)N2CCC(C(=O)O)C(C)C2)c1. The Kier molecular flexibility index (Phi) is 5.41. The second-order valence-corrected chi connectivity index (χ2v) is 5.90. The number of aryl methyl sites for hydroxylation is 1. The van der Waals surface area contributed by atoms with E-state index in [0.29, 0.717) is 32.4 Å². The molecule has 5 nitrogen and oxygen atoms in total. The summed E-state index contributed by atoms with van der Waals surface area (Å²) in [5.74, 6) is -0.190. The van der Waals surface area contributed by atoms with Crippen LogP contribution in [0.3, 0.4) is 0 Å². The number of benzene rings is 1. The van der Waals surface area contributed by atoms with Crippen molar-refractivity contribution in [2.45, 2.75) is 26.2 Å². The van der Waals surface area contributed by atoms with Gasteiger partial charge < -0.3 is 14.7 Å². The summed E-state index contributed by atoms with van der Waals surface area (Å²) in [4.78, 5) is 25.2. The number of carboxylic acids is 1. The van der Waals surface area contributed by atoms with E-state index in [1.54, 1.807) is 12.0 Å². The van der Waals surface area contributed by atoms with E-state index < -0.39 is 5.97 Å². The summed E-state index contributed by atoms with van der Waals surface area (Å²) in [6.07, 6.45) is 1.66. The van der Waals surface area contributed by atoms with Crippen LogP contribution in [-0.2, 0) is 16.0 Å². The maximum absolute atomic E-state index is 12.3. The third-order valence-corrected chi connectivity index (χ3v) is 4.34. The summed E-state index contributed by atoms with van der Waals surface area (Å²) < 4.78 is 5.18. The Morgan fingerprint density at radius 3 is 2.82 bits per heavy atom. The van der Waals surface area contributed by atoms with Gasteiger partial charge in [-0.05, 0) is 36.5 Å². The van der Waals surface area contributed by atoms with Gasteiger partial charge in [-0.25, -0.2) is 0 Å². The molecule has 1 aliphatic heterocycles. The van der Waals surface area contributed by atoms with Gasteiger partial charge in [-0.1, -0.05) is 19.1 Å². The molecule has 0 aliphatic carbocycles. The van der Waals surface area contributed by atoms with Crippen molar-refractivity contribution in [2.24, 2.45) is 11.8 Å². The number of carbonyl (C=O) groups is 2. The number of nitrogens with zero attached hydrogens (tertiary/aromatic N) is 1. The zero-order chi connectivity index (χ0) is 16.1. The molecule has 2 unspecified atom stereocenters. The highest BCUT2D eigenvalue weighted by Crippen LogP contribution is 2.24. The highest BCUT2D eigenvalue weighted by atomic mass is 16.5. The average Bonchev–Trinajstić information content (AvgIpc) is 2.52.